The number of anilines is 3. The molecular weight excluding hydrogens is 334 g/mol. The summed E-state index contributed by atoms with van der Waals surface area (Å²) in [5.74, 6) is 0.940. The maximum Gasteiger partial charge on any atom is 0.157 e. The van der Waals surface area contributed by atoms with Crippen LogP contribution in [0.5, 0.6) is 0 Å². The average Bonchev–Trinajstić information content (AvgIpc) is 2.99. The summed E-state index contributed by atoms with van der Waals surface area (Å²) in [5.41, 5.74) is 7.46. The number of nitrogens with zero attached hydrogens (tertiary/aromatic N) is 4. The summed E-state index contributed by atoms with van der Waals surface area (Å²) in [7, 11) is 4.08. The lowest BCUT2D eigenvalue weighted by Crippen LogP contribution is -2.07. The van der Waals surface area contributed by atoms with Crippen molar-refractivity contribution in [2.24, 2.45) is 0 Å². The highest BCUT2D eigenvalue weighted by molar-refractivity contribution is 5.80. The summed E-state index contributed by atoms with van der Waals surface area (Å²) in [6, 6.07) is 14.9. The van der Waals surface area contributed by atoms with Crippen LogP contribution in [0.25, 0.3) is 16.9 Å². The SMILES string of the molecule is Cc1cc(C)cc(Nc2c(-c3ccc(N(C)C)cc3)nc3cnccn23)c1. The summed E-state index contributed by atoms with van der Waals surface area (Å²) >= 11 is 0. The quantitative estimate of drug-likeness (QED) is 0.569. The van der Waals surface area contributed by atoms with Gasteiger partial charge in [-0.2, -0.15) is 0 Å². The number of benzene rings is 2. The number of hydrogen-bond acceptors (Lipinski definition) is 4. The molecule has 0 radical (unpaired) electrons. The van der Waals surface area contributed by atoms with E-state index in [-0.39, 0.29) is 0 Å². The number of rotatable bonds is 4. The minimum atomic E-state index is 0.816. The van der Waals surface area contributed by atoms with Gasteiger partial charge >= 0.3 is 0 Å². The first-order valence-corrected chi connectivity index (χ1v) is 8.96. The first kappa shape index (κ1) is 17.1. The number of hydrogen-bond donors (Lipinski definition) is 1. The second-order valence-corrected chi connectivity index (χ2v) is 7.06. The topological polar surface area (TPSA) is 45.5 Å². The normalized spacial score (nSPS) is 11.0. The molecule has 5 nitrogen and oxygen atoms in total. The fourth-order valence-corrected chi connectivity index (χ4v) is 3.33. The van der Waals surface area contributed by atoms with Crippen molar-refractivity contribution < 1.29 is 0 Å². The van der Waals surface area contributed by atoms with Gasteiger partial charge in [-0.3, -0.25) is 9.38 Å². The Kier molecular flexibility index (Phi) is 4.28. The van der Waals surface area contributed by atoms with Gasteiger partial charge in [0.2, 0.25) is 0 Å². The van der Waals surface area contributed by atoms with Gasteiger partial charge in [-0.15, -0.1) is 0 Å². The van der Waals surface area contributed by atoms with Crippen molar-refractivity contribution in [3.05, 3.63) is 72.2 Å². The highest BCUT2D eigenvalue weighted by atomic mass is 15.1. The largest absolute Gasteiger partial charge is 0.378 e. The third-order valence-electron chi connectivity index (χ3n) is 4.57. The Bertz CT molecular complexity index is 1070. The van der Waals surface area contributed by atoms with E-state index in [2.05, 4.69) is 71.5 Å². The van der Waals surface area contributed by atoms with Crippen molar-refractivity contribution in [2.45, 2.75) is 13.8 Å². The molecule has 2 aromatic carbocycles. The van der Waals surface area contributed by atoms with E-state index in [9.17, 15) is 0 Å². The molecule has 0 atom stereocenters. The Labute approximate surface area is 159 Å². The van der Waals surface area contributed by atoms with E-state index in [0.717, 1.165) is 34.1 Å². The molecule has 0 aliphatic rings. The highest BCUT2D eigenvalue weighted by Crippen LogP contribution is 2.32. The molecule has 2 aromatic heterocycles. The van der Waals surface area contributed by atoms with Crippen LogP contribution in [0.15, 0.2) is 61.1 Å². The van der Waals surface area contributed by atoms with Crippen molar-refractivity contribution in [1.82, 2.24) is 14.4 Å². The van der Waals surface area contributed by atoms with Gasteiger partial charge in [0.15, 0.2) is 5.65 Å². The summed E-state index contributed by atoms with van der Waals surface area (Å²) in [4.78, 5) is 11.1. The van der Waals surface area contributed by atoms with Crippen LogP contribution < -0.4 is 10.2 Å². The molecule has 5 heteroatoms. The lowest BCUT2D eigenvalue weighted by atomic mass is 10.1. The average molecular weight is 357 g/mol. The van der Waals surface area contributed by atoms with Gasteiger partial charge in [0.05, 0.1) is 6.20 Å². The molecule has 0 aliphatic carbocycles. The summed E-state index contributed by atoms with van der Waals surface area (Å²) in [5, 5.41) is 3.58. The molecule has 0 bridgehead atoms. The van der Waals surface area contributed by atoms with Gasteiger partial charge in [-0.1, -0.05) is 18.2 Å². The smallest absolute Gasteiger partial charge is 0.157 e. The molecule has 0 spiro atoms. The van der Waals surface area contributed by atoms with Crippen molar-refractivity contribution in [1.29, 1.82) is 0 Å². The molecule has 0 amide bonds. The van der Waals surface area contributed by atoms with Gasteiger partial charge < -0.3 is 10.2 Å². The Morgan fingerprint density at radius 1 is 0.963 bits per heavy atom. The predicted molar refractivity (Wildman–Crippen MR) is 112 cm³/mol. The second kappa shape index (κ2) is 6.76. The highest BCUT2D eigenvalue weighted by Gasteiger charge is 2.15. The number of nitrogens with one attached hydrogen (secondary N) is 1. The molecule has 0 aliphatic heterocycles. The molecule has 0 saturated carbocycles. The van der Waals surface area contributed by atoms with Gasteiger partial charge in [0, 0.05) is 43.4 Å². The van der Waals surface area contributed by atoms with E-state index < -0.39 is 0 Å². The molecular formula is C22H23N5. The molecule has 4 aromatic rings. The monoisotopic (exact) mass is 357 g/mol. The molecule has 1 N–H and O–H groups in total. The minimum Gasteiger partial charge on any atom is -0.378 e. The zero-order valence-corrected chi connectivity index (χ0v) is 16.1. The van der Waals surface area contributed by atoms with Crippen molar-refractivity contribution in [2.75, 3.05) is 24.3 Å². The molecule has 136 valence electrons. The number of aromatic nitrogens is 3. The van der Waals surface area contributed by atoms with Crippen LogP contribution in [0.3, 0.4) is 0 Å². The van der Waals surface area contributed by atoms with Gasteiger partial charge in [-0.25, -0.2) is 4.98 Å². The summed E-state index contributed by atoms with van der Waals surface area (Å²) in [6.07, 6.45) is 5.50. The minimum absolute atomic E-state index is 0.816. The lowest BCUT2D eigenvalue weighted by Gasteiger charge is -2.13. The van der Waals surface area contributed by atoms with Crippen molar-refractivity contribution >= 4 is 22.8 Å². The fourth-order valence-electron chi connectivity index (χ4n) is 3.33. The van der Waals surface area contributed by atoms with Crippen LogP contribution in [-0.4, -0.2) is 28.5 Å². The van der Waals surface area contributed by atoms with Gasteiger partial charge in [0.1, 0.15) is 11.5 Å². The first-order valence-electron chi connectivity index (χ1n) is 8.96. The number of fused-ring (bicyclic) bond motifs is 1. The molecule has 0 saturated heterocycles. The third-order valence-corrected chi connectivity index (χ3v) is 4.57. The third kappa shape index (κ3) is 3.36. The first-order chi connectivity index (χ1) is 13.0. The predicted octanol–water partition coefficient (Wildman–Crippen LogP) is 4.82. The van der Waals surface area contributed by atoms with Gasteiger partial charge in [0.25, 0.3) is 0 Å². The maximum atomic E-state index is 4.82. The van der Waals surface area contributed by atoms with Crippen LogP contribution >= 0.6 is 0 Å². The molecule has 0 fully saturated rings. The maximum absolute atomic E-state index is 4.82. The second-order valence-electron chi connectivity index (χ2n) is 7.06. The van der Waals surface area contributed by atoms with E-state index in [1.54, 1.807) is 12.4 Å². The van der Waals surface area contributed by atoms with E-state index in [1.807, 2.05) is 24.7 Å². The van der Waals surface area contributed by atoms with Crippen LogP contribution in [0.2, 0.25) is 0 Å². The van der Waals surface area contributed by atoms with E-state index in [1.165, 1.54) is 11.1 Å². The van der Waals surface area contributed by atoms with Crippen LogP contribution in [0.1, 0.15) is 11.1 Å². The molecule has 2 heterocycles. The number of imidazole rings is 1. The lowest BCUT2D eigenvalue weighted by molar-refractivity contribution is 1.13. The van der Waals surface area contributed by atoms with Crippen LogP contribution in [0, 0.1) is 13.8 Å². The van der Waals surface area contributed by atoms with Crippen LogP contribution in [0.4, 0.5) is 17.2 Å². The molecule has 0 unspecified atom stereocenters. The number of aryl methyl sites for hydroxylation is 2. The Morgan fingerprint density at radius 2 is 1.67 bits per heavy atom. The Hall–Kier alpha value is -3.34. The van der Waals surface area contributed by atoms with E-state index >= 15 is 0 Å². The Balaban J connectivity index is 1.84. The molecule has 4 rings (SSSR count). The van der Waals surface area contributed by atoms with E-state index in [0.29, 0.717) is 0 Å². The Morgan fingerprint density at radius 3 is 2.33 bits per heavy atom. The van der Waals surface area contributed by atoms with Crippen molar-refractivity contribution in [3.63, 3.8) is 0 Å². The van der Waals surface area contributed by atoms with Crippen LogP contribution in [-0.2, 0) is 0 Å². The standard InChI is InChI=1S/C22H23N5/c1-15-11-16(2)13-18(12-15)24-22-21(25-20-14-23-9-10-27(20)22)17-5-7-19(8-6-17)26(3)4/h5-14,24H,1-4H3. The van der Waals surface area contributed by atoms with Gasteiger partial charge in [-0.05, 0) is 49.2 Å². The van der Waals surface area contributed by atoms with E-state index in [4.69, 9.17) is 4.98 Å². The van der Waals surface area contributed by atoms with Crippen molar-refractivity contribution in [3.8, 4) is 11.3 Å². The molecule has 27 heavy (non-hydrogen) atoms. The zero-order valence-electron chi connectivity index (χ0n) is 16.1. The summed E-state index contributed by atoms with van der Waals surface area (Å²) < 4.78 is 2.04. The fraction of sp³-hybridized carbons (Fsp3) is 0.182. The zero-order chi connectivity index (χ0) is 19.0. The summed E-state index contributed by atoms with van der Waals surface area (Å²) in [6.45, 7) is 4.22.